The van der Waals surface area contributed by atoms with Crippen LogP contribution in [-0.4, -0.2) is 42.1 Å². The number of anilines is 1. The van der Waals surface area contributed by atoms with E-state index in [4.69, 9.17) is 0 Å². The minimum atomic E-state index is -3.89. The molecule has 2 aromatic rings. The molecule has 0 atom stereocenters. The summed E-state index contributed by atoms with van der Waals surface area (Å²) in [6, 6.07) is 9.10. The van der Waals surface area contributed by atoms with Crippen LogP contribution in [0.3, 0.4) is 0 Å². The van der Waals surface area contributed by atoms with E-state index < -0.39 is 21.5 Å². The fraction of sp³-hybridized carbons (Fsp3) is 0.350. The molecule has 0 unspecified atom stereocenters. The predicted molar refractivity (Wildman–Crippen MR) is 108 cm³/mol. The number of rotatable bonds is 6. The number of Topliss-reactive ketones (excluding diaryl/α,β-unsaturated/α-hetero) is 1. The molecule has 1 aliphatic heterocycles. The third-order valence-electron chi connectivity index (χ3n) is 4.81. The summed E-state index contributed by atoms with van der Waals surface area (Å²) in [5, 5.41) is 2.64. The van der Waals surface area contributed by atoms with E-state index in [0.29, 0.717) is 24.3 Å². The third kappa shape index (κ3) is 4.80. The number of pyridine rings is 1. The summed E-state index contributed by atoms with van der Waals surface area (Å²) in [5.74, 6) is -0.559. The van der Waals surface area contributed by atoms with Crippen LogP contribution in [0, 0.1) is 0 Å². The van der Waals surface area contributed by atoms with Gasteiger partial charge >= 0.3 is 0 Å². The van der Waals surface area contributed by atoms with E-state index in [1.807, 2.05) is 0 Å². The molecular formula is C20H23N3O5S. The summed E-state index contributed by atoms with van der Waals surface area (Å²) in [6.45, 7) is 1.92. The van der Waals surface area contributed by atoms with Crippen molar-refractivity contribution in [3.8, 4) is 0 Å². The van der Waals surface area contributed by atoms with Crippen LogP contribution in [0.1, 0.15) is 36.5 Å². The van der Waals surface area contributed by atoms with Gasteiger partial charge in [-0.05, 0) is 56.2 Å². The second-order valence-electron chi connectivity index (χ2n) is 6.95. The number of piperidine rings is 1. The van der Waals surface area contributed by atoms with E-state index >= 15 is 0 Å². The fourth-order valence-electron chi connectivity index (χ4n) is 3.22. The Labute approximate surface area is 169 Å². The molecule has 0 spiro atoms. The summed E-state index contributed by atoms with van der Waals surface area (Å²) < 4.78 is 28.0. The van der Waals surface area contributed by atoms with Crippen LogP contribution in [-0.2, 0) is 21.4 Å². The molecule has 1 aromatic heterocycles. The lowest BCUT2D eigenvalue weighted by Crippen LogP contribution is -2.39. The van der Waals surface area contributed by atoms with Crippen molar-refractivity contribution in [2.75, 3.05) is 18.4 Å². The van der Waals surface area contributed by atoms with E-state index in [-0.39, 0.29) is 17.2 Å². The van der Waals surface area contributed by atoms with Crippen LogP contribution < -0.4 is 10.9 Å². The molecular weight excluding hydrogens is 394 g/mol. The van der Waals surface area contributed by atoms with Crippen molar-refractivity contribution in [1.29, 1.82) is 0 Å². The van der Waals surface area contributed by atoms with Gasteiger partial charge in [-0.3, -0.25) is 14.4 Å². The zero-order valence-electron chi connectivity index (χ0n) is 16.1. The minimum Gasteiger partial charge on any atom is -0.325 e. The first kappa shape index (κ1) is 20.9. The van der Waals surface area contributed by atoms with Crippen molar-refractivity contribution >= 4 is 27.4 Å². The van der Waals surface area contributed by atoms with Crippen LogP contribution in [0.15, 0.2) is 52.3 Å². The van der Waals surface area contributed by atoms with Crippen molar-refractivity contribution in [3.05, 3.63) is 58.5 Å². The molecule has 1 N–H and O–H groups in total. The van der Waals surface area contributed by atoms with Gasteiger partial charge in [-0.2, -0.15) is 4.31 Å². The minimum absolute atomic E-state index is 0.0823. The SMILES string of the molecule is CC(=O)c1ccc(NC(=O)Cn2cccc(S(=O)(=O)N3CCCCC3)c2=O)cc1. The molecule has 3 rings (SSSR count). The number of aromatic nitrogens is 1. The molecule has 0 saturated carbocycles. The van der Waals surface area contributed by atoms with E-state index in [1.54, 1.807) is 24.3 Å². The number of hydrogen-bond donors (Lipinski definition) is 1. The Morgan fingerprint density at radius 1 is 1.03 bits per heavy atom. The highest BCUT2D eigenvalue weighted by molar-refractivity contribution is 7.89. The van der Waals surface area contributed by atoms with E-state index in [9.17, 15) is 22.8 Å². The molecule has 1 amide bonds. The van der Waals surface area contributed by atoms with Crippen LogP contribution in [0.25, 0.3) is 0 Å². The summed E-state index contributed by atoms with van der Waals surface area (Å²) >= 11 is 0. The predicted octanol–water partition coefficient (Wildman–Crippen LogP) is 1.86. The van der Waals surface area contributed by atoms with Crippen LogP contribution in [0.5, 0.6) is 0 Å². The fourth-order valence-corrected chi connectivity index (χ4v) is 4.83. The molecule has 0 aliphatic carbocycles. The Hall–Kier alpha value is -2.78. The second kappa shape index (κ2) is 8.71. The first-order valence-electron chi connectivity index (χ1n) is 9.39. The number of sulfonamides is 1. The first-order valence-corrected chi connectivity index (χ1v) is 10.8. The summed E-state index contributed by atoms with van der Waals surface area (Å²) in [7, 11) is -3.89. The Balaban J connectivity index is 1.76. The van der Waals surface area contributed by atoms with Gasteiger partial charge in [-0.15, -0.1) is 0 Å². The number of nitrogens with zero attached hydrogens (tertiary/aromatic N) is 2. The Morgan fingerprint density at radius 2 is 1.69 bits per heavy atom. The zero-order chi connectivity index (χ0) is 21.0. The number of carbonyl (C=O) groups is 2. The van der Waals surface area contributed by atoms with Crippen molar-refractivity contribution in [2.24, 2.45) is 0 Å². The second-order valence-corrected chi connectivity index (χ2v) is 8.86. The molecule has 0 radical (unpaired) electrons. The number of benzene rings is 1. The van der Waals surface area contributed by atoms with Crippen molar-refractivity contribution in [3.63, 3.8) is 0 Å². The molecule has 0 bridgehead atoms. The van der Waals surface area contributed by atoms with Gasteiger partial charge in [-0.25, -0.2) is 8.42 Å². The number of amides is 1. The average Bonchev–Trinajstić information content (AvgIpc) is 2.70. The van der Waals surface area contributed by atoms with Gasteiger partial charge in [0, 0.05) is 30.5 Å². The largest absolute Gasteiger partial charge is 0.325 e. The summed E-state index contributed by atoms with van der Waals surface area (Å²) in [6.07, 6.45) is 3.89. The molecule has 1 fully saturated rings. The zero-order valence-corrected chi connectivity index (χ0v) is 16.9. The van der Waals surface area contributed by atoms with Crippen LogP contribution >= 0.6 is 0 Å². The molecule has 9 heteroatoms. The Kier molecular flexibility index (Phi) is 6.29. The van der Waals surface area contributed by atoms with Gasteiger partial charge in [0.05, 0.1) is 0 Å². The van der Waals surface area contributed by atoms with Gasteiger partial charge in [0.2, 0.25) is 15.9 Å². The molecule has 2 heterocycles. The molecule has 8 nitrogen and oxygen atoms in total. The molecule has 1 aromatic carbocycles. The molecule has 29 heavy (non-hydrogen) atoms. The summed E-state index contributed by atoms with van der Waals surface area (Å²) in [5.41, 5.74) is 0.278. The maximum atomic E-state index is 12.8. The van der Waals surface area contributed by atoms with E-state index in [0.717, 1.165) is 23.8 Å². The monoisotopic (exact) mass is 417 g/mol. The van der Waals surface area contributed by atoms with Gasteiger partial charge in [-0.1, -0.05) is 6.42 Å². The molecule has 154 valence electrons. The number of ketones is 1. The smallest absolute Gasteiger partial charge is 0.271 e. The van der Waals surface area contributed by atoms with Gasteiger partial charge < -0.3 is 9.88 Å². The van der Waals surface area contributed by atoms with Gasteiger partial charge in [0.25, 0.3) is 5.56 Å². The average molecular weight is 417 g/mol. The van der Waals surface area contributed by atoms with E-state index in [2.05, 4.69) is 5.32 Å². The third-order valence-corrected chi connectivity index (χ3v) is 6.72. The van der Waals surface area contributed by atoms with Gasteiger partial charge in [0.15, 0.2) is 5.78 Å². The maximum absolute atomic E-state index is 12.8. The first-order chi connectivity index (χ1) is 13.8. The number of nitrogens with one attached hydrogen (secondary N) is 1. The standard InChI is InChI=1S/C20H23N3O5S/c1-15(24)16-7-9-17(10-8-16)21-19(25)14-22-11-5-6-18(20(22)26)29(27,28)23-12-3-2-4-13-23/h5-11H,2-4,12-14H2,1H3,(H,21,25). The van der Waals surface area contributed by atoms with Crippen molar-refractivity contribution in [1.82, 2.24) is 8.87 Å². The molecule has 1 saturated heterocycles. The van der Waals surface area contributed by atoms with Crippen molar-refractivity contribution in [2.45, 2.75) is 37.6 Å². The summed E-state index contributed by atoms with van der Waals surface area (Å²) in [4.78, 5) is 36.0. The Morgan fingerprint density at radius 3 is 2.31 bits per heavy atom. The van der Waals surface area contributed by atoms with Gasteiger partial charge in [0.1, 0.15) is 11.4 Å². The Bertz CT molecular complexity index is 1070. The number of hydrogen-bond acceptors (Lipinski definition) is 5. The molecule has 1 aliphatic rings. The maximum Gasteiger partial charge on any atom is 0.271 e. The lowest BCUT2D eigenvalue weighted by molar-refractivity contribution is -0.116. The quantitative estimate of drug-likeness (QED) is 0.723. The highest BCUT2D eigenvalue weighted by atomic mass is 32.2. The number of carbonyl (C=O) groups excluding carboxylic acids is 2. The van der Waals surface area contributed by atoms with Crippen molar-refractivity contribution < 1.29 is 18.0 Å². The van der Waals surface area contributed by atoms with E-state index in [1.165, 1.54) is 29.6 Å². The lowest BCUT2D eigenvalue weighted by Gasteiger charge is -2.25. The van der Waals surface area contributed by atoms with Crippen LogP contribution in [0.2, 0.25) is 0 Å². The van der Waals surface area contributed by atoms with Crippen LogP contribution in [0.4, 0.5) is 5.69 Å². The topological polar surface area (TPSA) is 106 Å². The highest BCUT2D eigenvalue weighted by Gasteiger charge is 2.28. The highest BCUT2D eigenvalue weighted by Crippen LogP contribution is 2.18. The lowest BCUT2D eigenvalue weighted by atomic mass is 10.1. The normalized spacial score (nSPS) is 15.1.